The first kappa shape index (κ1) is 10.8. The Morgan fingerprint density at radius 1 is 1.18 bits per heavy atom. The minimum Gasteiger partial charge on any atom is -1.00 e. The van der Waals surface area contributed by atoms with E-state index in [1.807, 2.05) is 0 Å². The second kappa shape index (κ2) is 5.42. The van der Waals surface area contributed by atoms with Gasteiger partial charge in [-0.2, -0.15) is 0 Å². The predicted octanol–water partition coefficient (Wildman–Crippen LogP) is -1.69. The Hall–Kier alpha value is -0.234. The fourth-order valence-corrected chi connectivity index (χ4v) is 0.839. The van der Waals surface area contributed by atoms with Gasteiger partial charge in [-0.05, 0) is 0 Å². The van der Waals surface area contributed by atoms with Gasteiger partial charge in [0.05, 0.1) is 0 Å². The second-order valence-electron chi connectivity index (χ2n) is 1.81. The summed E-state index contributed by atoms with van der Waals surface area (Å²) < 4.78 is 15.0. The summed E-state index contributed by atoms with van der Waals surface area (Å²) in [5.74, 6) is 2.61. The molecule has 1 rings (SSSR count). The second-order valence-corrected chi connectivity index (χ2v) is 2.16. The molecule has 0 saturated heterocycles. The first-order chi connectivity index (χ1) is 4.83. The van der Waals surface area contributed by atoms with Gasteiger partial charge in [0.15, 0.2) is 0 Å². The topological polar surface area (TPSA) is 0 Å². The zero-order chi connectivity index (χ0) is 7.40. The molecule has 0 heterocycles. The van der Waals surface area contributed by atoms with E-state index in [1.165, 1.54) is 12.1 Å². The van der Waals surface area contributed by atoms with Crippen molar-refractivity contribution >= 4 is 21.7 Å². The van der Waals surface area contributed by atoms with Crippen LogP contribution in [0.5, 0.6) is 0 Å². The summed E-state index contributed by atoms with van der Waals surface area (Å²) >= 11 is 1.58. The minimum atomic E-state index is -0.218. The molecule has 0 fully saturated rings. The molecule has 52 valence electrons. The van der Waals surface area contributed by atoms with Gasteiger partial charge < -0.3 is 12.4 Å². The van der Waals surface area contributed by atoms with Crippen molar-refractivity contribution in [3.05, 3.63) is 35.6 Å². The van der Waals surface area contributed by atoms with Gasteiger partial charge in [-0.1, -0.05) is 0 Å². The SMILES string of the molecule is Fc1ccc(C#[C][Mg+])cc1.[Cl-]. The van der Waals surface area contributed by atoms with E-state index in [-0.39, 0.29) is 18.2 Å². The van der Waals surface area contributed by atoms with E-state index in [0.717, 1.165) is 5.56 Å². The Balaban J connectivity index is 0.000001000. The van der Waals surface area contributed by atoms with E-state index in [1.54, 1.807) is 33.8 Å². The first-order valence-electron chi connectivity index (χ1n) is 2.86. The van der Waals surface area contributed by atoms with Crippen LogP contribution in [0.15, 0.2) is 24.3 Å². The van der Waals surface area contributed by atoms with Crippen molar-refractivity contribution in [3.63, 3.8) is 0 Å². The molecule has 0 N–H and O–H groups in total. The molecule has 1 aromatic carbocycles. The molecule has 0 amide bonds. The fourth-order valence-electron chi connectivity index (χ4n) is 0.635. The molecule has 0 aromatic heterocycles. The molecular formula is C8H4ClFMg. The third kappa shape index (κ3) is 3.61. The van der Waals surface area contributed by atoms with Crippen LogP contribution in [0.4, 0.5) is 4.39 Å². The largest absolute Gasteiger partial charge is 1.00 e. The number of rotatable bonds is 0. The van der Waals surface area contributed by atoms with Crippen LogP contribution >= 0.6 is 0 Å². The Morgan fingerprint density at radius 3 is 2.18 bits per heavy atom. The van der Waals surface area contributed by atoms with Crippen molar-refractivity contribution in [2.45, 2.75) is 0 Å². The maximum atomic E-state index is 12.3. The first-order valence-corrected chi connectivity index (χ1v) is 3.57. The van der Waals surface area contributed by atoms with E-state index < -0.39 is 0 Å². The van der Waals surface area contributed by atoms with Gasteiger partial charge in [-0.3, -0.25) is 0 Å². The van der Waals surface area contributed by atoms with Crippen molar-refractivity contribution in [2.24, 2.45) is 0 Å². The Labute approximate surface area is 84.0 Å². The van der Waals surface area contributed by atoms with E-state index >= 15 is 0 Å². The summed E-state index contributed by atoms with van der Waals surface area (Å²) in [6.07, 6.45) is 0. The summed E-state index contributed by atoms with van der Waals surface area (Å²) in [5.41, 5.74) is 0.858. The van der Waals surface area contributed by atoms with E-state index in [9.17, 15) is 4.39 Å². The van der Waals surface area contributed by atoms with Crippen LogP contribution in [0.2, 0.25) is 0 Å². The molecule has 0 aliphatic heterocycles. The van der Waals surface area contributed by atoms with E-state index in [0.29, 0.717) is 0 Å². The number of halogens is 2. The molecule has 0 radical (unpaired) electrons. The van der Waals surface area contributed by atoms with Gasteiger partial charge in [-0.15, -0.1) is 0 Å². The molecule has 0 unspecified atom stereocenters. The number of benzene rings is 1. The summed E-state index contributed by atoms with van der Waals surface area (Å²) in [6.45, 7) is 0. The molecule has 0 nitrogen and oxygen atoms in total. The quantitative estimate of drug-likeness (QED) is 0.329. The zero-order valence-electron chi connectivity index (χ0n) is 5.77. The molecule has 11 heavy (non-hydrogen) atoms. The fraction of sp³-hybridized carbons (Fsp3) is 0. The summed E-state index contributed by atoms with van der Waals surface area (Å²) in [4.78, 5) is 0. The minimum absolute atomic E-state index is 0. The van der Waals surface area contributed by atoms with Crippen LogP contribution in [0.1, 0.15) is 5.56 Å². The van der Waals surface area contributed by atoms with E-state index in [4.69, 9.17) is 0 Å². The van der Waals surface area contributed by atoms with E-state index in [2.05, 4.69) is 9.97 Å². The van der Waals surface area contributed by atoms with Crippen molar-refractivity contribution in [3.8, 4) is 9.97 Å². The molecular weight excluding hydrogens is 175 g/mol. The summed E-state index contributed by atoms with van der Waals surface area (Å²) in [7, 11) is 0. The predicted molar refractivity (Wildman–Crippen MR) is 39.0 cm³/mol. The van der Waals surface area contributed by atoms with Crippen molar-refractivity contribution < 1.29 is 16.8 Å². The van der Waals surface area contributed by atoms with Crippen LogP contribution in [-0.4, -0.2) is 21.7 Å². The van der Waals surface area contributed by atoms with Crippen LogP contribution in [0, 0.1) is 15.8 Å². The monoisotopic (exact) mass is 178 g/mol. The maximum absolute atomic E-state index is 12.3. The number of hydrogen-bond donors (Lipinski definition) is 0. The zero-order valence-corrected chi connectivity index (χ0v) is 7.94. The van der Waals surface area contributed by atoms with Gasteiger partial charge in [0, 0.05) is 0 Å². The van der Waals surface area contributed by atoms with Crippen LogP contribution < -0.4 is 12.4 Å². The van der Waals surface area contributed by atoms with Gasteiger partial charge in [0.1, 0.15) is 0 Å². The van der Waals surface area contributed by atoms with Gasteiger partial charge in [0.25, 0.3) is 0 Å². The molecule has 0 spiro atoms. The molecule has 0 bridgehead atoms. The normalized spacial score (nSPS) is 7.55. The molecule has 0 aliphatic carbocycles. The molecule has 0 saturated carbocycles. The smallest absolute Gasteiger partial charge is 1.00 e. The number of hydrogen-bond acceptors (Lipinski definition) is 0. The molecule has 3 heteroatoms. The Morgan fingerprint density at radius 2 is 1.73 bits per heavy atom. The average molecular weight is 179 g/mol. The Bertz CT molecular complexity index is 270. The Kier molecular flexibility index (Phi) is 5.31. The summed E-state index contributed by atoms with van der Waals surface area (Å²) in [5, 5.41) is 0. The molecule has 0 atom stereocenters. The maximum Gasteiger partial charge on any atom is -1.00 e. The average Bonchev–Trinajstić information content (AvgIpc) is 1.95. The third-order valence-electron chi connectivity index (χ3n) is 1.08. The van der Waals surface area contributed by atoms with Gasteiger partial charge in [-0.25, -0.2) is 0 Å². The summed E-state index contributed by atoms with van der Waals surface area (Å²) in [6, 6.07) is 6.14. The standard InChI is InChI=1S/C8H4F.ClH.Mg/c1-2-7-3-5-8(9)6-4-7;;/h3-6H;1H;/q;;+1/p-1. The van der Waals surface area contributed by atoms with Crippen molar-refractivity contribution in [1.29, 1.82) is 0 Å². The van der Waals surface area contributed by atoms with Gasteiger partial charge in [0.2, 0.25) is 0 Å². The van der Waals surface area contributed by atoms with Crippen LogP contribution in [-0.2, 0) is 0 Å². The molecule has 0 aliphatic rings. The van der Waals surface area contributed by atoms with Crippen LogP contribution in [0.25, 0.3) is 0 Å². The van der Waals surface area contributed by atoms with Crippen LogP contribution in [0.3, 0.4) is 0 Å². The third-order valence-corrected chi connectivity index (χ3v) is 1.25. The van der Waals surface area contributed by atoms with Gasteiger partial charge >= 0.3 is 71.7 Å². The molecule has 1 aromatic rings. The van der Waals surface area contributed by atoms with Crippen molar-refractivity contribution in [2.75, 3.05) is 0 Å². The van der Waals surface area contributed by atoms with Crippen molar-refractivity contribution in [1.82, 2.24) is 0 Å².